The molecule has 0 aliphatic carbocycles. The van der Waals surface area contributed by atoms with Crippen molar-refractivity contribution in [3.05, 3.63) is 28.5 Å². The van der Waals surface area contributed by atoms with Gasteiger partial charge in [-0.3, -0.25) is 9.88 Å². The van der Waals surface area contributed by atoms with E-state index in [9.17, 15) is 5.26 Å². The van der Waals surface area contributed by atoms with Crippen LogP contribution in [-0.2, 0) is 5.41 Å². The van der Waals surface area contributed by atoms with Gasteiger partial charge in [0.05, 0.1) is 17.0 Å². The maximum Gasteiger partial charge on any atom is 0.0867 e. The molecule has 3 atom stereocenters. The maximum absolute atomic E-state index is 9.94. The van der Waals surface area contributed by atoms with Crippen molar-refractivity contribution in [1.29, 1.82) is 5.26 Å². The number of rotatable bonds is 2. The zero-order valence-corrected chi connectivity index (χ0v) is 14.6. The number of hydrogen-bond donors (Lipinski definition) is 0. The lowest BCUT2D eigenvalue weighted by Crippen LogP contribution is -2.57. The second kappa shape index (κ2) is 5.37. The minimum Gasteiger partial charge on any atom is -0.282 e. The summed E-state index contributed by atoms with van der Waals surface area (Å²) in [4.78, 5) is 6.73. The van der Waals surface area contributed by atoms with E-state index in [0.717, 1.165) is 35.7 Å². The van der Waals surface area contributed by atoms with E-state index in [-0.39, 0.29) is 5.54 Å². The van der Waals surface area contributed by atoms with Gasteiger partial charge in [-0.15, -0.1) is 6.42 Å². The van der Waals surface area contributed by atoms with Gasteiger partial charge in [0.2, 0.25) is 0 Å². The zero-order valence-electron chi connectivity index (χ0n) is 13.0. The summed E-state index contributed by atoms with van der Waals surface area (Å²) in [5, 5.41) is 9.94. The van der Waals surface area contributed by atoms with E-state index in [1.165, 1.54) is 0 Å². The predicted octanol–water partition coefficient (Wildman–Crippen LogP) is 3.64. The van der Waals surface area contributed by atoms with E-state index in [1.807, 2.05) is 12.3 Å². The molecule has 2 saturated heterocycles. The standard InChI is InChI=1S/C18H20BrN3/c1-4-17(2,3)22-15-5-6-16(22)9-18(8-15,12-20)13-7-14(19)11-21-10-13/h1,7,10-11,15-16H,5-6,8-9H2,2-3H3/t15-,16+,18-. The Morgan fingerprint density at radius 1 is 1.36 bits per heavy atom. The summed E-state index contributed by atoms with van der Waals surface area (Å²) in [5.74, 6) is 2.93. The summed E-state index contributed by atoms with van der Waals surface area (Å²) in [6, 6.07) is 5.41. The lowest BCUT2D eigenvalue weighted by molar-refractivity contribution is 0.0429. The van der Waals surface area contributed by atoms with Gasteiger partial charge in [-0.25, -0.2) is 0 Å². The molecule has 0 aromatic carbocycles. The third kappa shape index (κ3) is 2.35. The van der Waals surface area contributed by atoms with Crippen molar-refractivity contribution in [2.75, 3.05) is 0 Å². The minimum absolute atomic E-state index is 0.247. The van der Waals surface area contributed by atoms with Crippen LogP contribution >= 0.6 is 15.9 Å². The van der Waals surface area contributed by atoms with Gasteiger partial charge in [-0.2, -0.15) is 5.26 Å². The Hall–Kier alpha value is -1.36. The molecule has 3 heterocycles. The van der Waals surface area contributed by atoms with Crippen LogP contribution in [0.25, 0.3) is 0 Å². The van der Waals surface area contributed by atoms with Crippen LogP contribution in [0.2, 0.25) is 0 Å². The summed E-state index contributed by atoms with van der Waals surface area (Å²) in [6.07, 6.45) is 13.3. The second-order valence-corrected chi connectivity index (χ2v) is 7.91. The highest BCUT2D eigenvalue weighted by Gasteiger charge is 2.53. The van der Waals surface area contributed by atoms with E-state index in [4.69, 9.17) is 6.42 Å². The van der Waals surface area contributed by atoms with Crippen molar-refractivity contribution in [3.8, 4) is 18.4 Å². The van der Waals surface area contributed by atoms with Crippen LogP contribution in [0.1, 0.15) is 45.1 Å². The Labute approximate surface area is 140 Å². The number of fused-ring (bicyclic) bond motifs is 2. The molecule has 2 aliphatic rings. The molecule has 3 nitrogen and oxygen atoms in total. The number of aromatic nitrogens is 1. The Balaban J connectivity index is 1.97. The number of piperidine rings is 1. The third-order valence-corrected chi connectivity index (χ3v) is 5.69. The van der Waals surface area contributed by atoms with E-state index < -0.39 is 5.41 Å². The van der Waals surface area contributed by atoms with Crippen LogP contribution < -0.4 is 0 Å². The first-order valence-corrected chi connectivity index (χ1v) is 8.50. The predicted molar refractivity (Wildman–Crippen MR) is 90.0 cm³/mol. The van der Waals surface area contributed by atoms with Crippen LogP contribution in [0.4, 0.5) is 0 Å². The maximum atomic E-state index is 9.94. The molecule has 114 valence electrons. The van der Waals surface area contributed by atoms with Gasteiger partial charge in [-0.05, 0) is 67.1 Å². The average Bonchev–Trinajstić information content (AvgIpc) is 2.80. The highest BCUT2D eigenvalue weighted by atomic mass is 79.9. The van der Waals surface area contributed by atoms with Crippen LogP contribution in [0.5, 0.6) is 0 Å². The largest absolute Gasteiger partial charge is 0.282 e. The molecule has 0 N–H and O–H groups in total. The first-order valence-electron chi connectivity index (χ1n) is 7.70. The first-order chi connectivity index (χ1) is 10.4. The van der Waals surface area contributed by atoms with Crippen molar-refractivity contribution in [2.45, 2.75) is 62.6 Å². The van der Waals surface area contributed by atoms with E-state index in [2.05, 4.69) is 51.7 Å². The number of pyridine rings is 1. The number of halogens is 1. The molecule has 1 aromatic heterocycles. The van der Waals surface area contributed by atoms with Crippen molar-refractivity contribution in [3.63, 3.8) is 0 Å². The van der Waals surface area contributed by atoms with Crippen molar-refractivity contribution in [1.82, 2.24) is 9.88 Å². The Morgan fingerprint density at radius 2 is 2.00 bits per heavy atom. The molecule has 0 saturated carbocycles. The van der Waals surface area contributed by atoms with Gasteiger partial charge in [-0.1, -0.05) is 5.92 Å². The molecule has 1 aromatic rings. The fourth-order valence-corrected chi connectivity index (χ4v) is 4.67. The van der Waals surface area contributed by atoms with Gasteiger partial charge in [0, 0.05) is 29.0 Å². The molecule has 3 rings (SSSR count). The quantitative estimate of drug-likeness (QED) is 0.758. The summed E-state index contributed by atoms with van der Waals surface area (Å²) < 4.78 is 0.929. The molecule has 0 unspecified atom stereocenters. The fraction of sp³-hybridized carbons (Fsp3) is 0.556. The highest BCUT2D eigenvalue weighted by Crippen LogP contribution is 2.49. The summed E-state index contributed by atoms with van der Waals surface area (Å²) in [5.41, 5.74) is 0.340. The highest BCUT2D eigenvalue weighted by molar-refractivity contribution is 9.10. The summed E-state index contributed by atoms with van der Waals surface area (Å²) >= 11 is 3.47. The third-order valence-electron chi connectivity index (χ3n) is 5.26. The number of nitriles is 1. The SMILES string of the molecule is C#CC(C)(C)N1[C@@H]2CC[C@H]1C[C@](C#N)(c1cncc(Br)c1)C2. The zero-order chi connectivity index (χ0) is 16.0. The normalized spacial score (nSPS) is 31.5. The molecular weight excluding hydrogens is 338 g/mol. The number of nitrogens with zero attached hydrogens (tertiary/aromatic N) is 3. The first kappa shape index (κ1) is 15.5. The topological polar surface area (TPSA) is 39.9 Å². The molecule has 0 spiro atoms. The second-order valence-electron chi connectivity index (χ2n) is 6.99. The van der Waals surface area contributed by atoms with Gasteiger partial charge >= 0.3 is 0 Å². The smallest absolute Gasteiger partial charge is 0.0867 e. The molecule has 2 fully saturated rings. The van der Waals surface area contributed by atoms with Gasteiger partial charge in [0.15, 0.2) is 0 Å². The Kier molecular flexibility index (Phi) is 3.79. The van der Waals surface area contributed by atoms with Gasteiger partial charge in [0.25, 0.3) is 0 Å². The number of hydrogen-bond acceptors (Lipinski definition) is 3. The van der Waals surface area contributed by atoms with Crippen LogP contribution in [0.3, 0.4) is 0 Å². The molecule has 4 heteroatoms. The van der Waals surface area contributed by atoms with Crippen molar-refractivity contribution >= 4 is 15.9 Å². The summed E-state index contributed by atoms with van der Waals surface area (Å²) in [7, 11) is 0. The molecule has 2 bridgehead atoms. The van der Waals surface area contributed by atoms with Crippen LogP contribution in [0, 0.1) is 23.7 Å². The van der Waals surface area contributed by atoms with Crippen LogP contribution in [0.15, 0.2) is 22.9 Å². The molecule has 0 amide bonds. The minimum atomic E-state index is -0.441. The molecule has 0 radical (unpaired) electrons. The summed E-state index contributed by atoms with van der Waals surface area (Å²) in [6.45, 7) is 4.22. The van der Waals surface area contributed by atoms with Crippen molar-refractivity contribution in [2.24, 2.45) is 0 Å². The Morgan fingerprint density at radius 3 is 2.50 bits per heavy atom. The molecule has 2 aliphatic heterocycles. The lowest BCUT2D eigenvalue weighted by atomic mass is 9.70. The average molecular weight is 358 g/mol. The van der Waals surface area contributed by atoms with Crippen molar-refractivity contribution < 1.29 is 0 Å². The van der Waals surface area contributed by atoms with E-state index in [0.29, 0.717) is 12.1 Å². The fourth-order valence-electron chi connectivity index (χ4n) is 4.30. The van der Waals surface area contributed by atoms with Gasteiger partial charge in [0.1, 0.15) is 0 Å². The Bertz CT molecular complexity index is 654. The lowest BCUT2D eigenvalue weighted by Gasteiger charge is -2.48. The van der Waals surface area contributed by atoms with E-state index >= 15 is 0 Å². The van der Waals surface area contributed by atoms with E-state index in [1.54, 1.807) is 6.20 Å². The van der Waals surface area contributed by atoms with Gasteiger partial charge < -0.3 is 0 Å². The monoisotopic (exact) mass is 357 g/mol. The number of terminal acetylenes is 1. The molecule has 22 heavy (non-hydrogen) atoms. The van der Waals surface area contributed by atoms with Crippen LogP contribution in [-0.4, -0.2) is 27.5 Å². The molecular formula is C18H20BrN3.